The van der Waals surface area contributed by atoms with Crippen LogP contribution in [0.4, 0.5) is 0 Å². The second-order valence-corrected chi connectivity index (χ2v) is 5.76. The van der Waals surface area contributed by atoms with Gasteiger partial charge < -0.3 is 10.0 Å². The van der Waals surface area contributed by atoms with Crippen molar-refractivity contribution in [2.45, 2.75) is 58.0 Å². The summed E-state index contributed by atoms with van der Waals surface area (Å²) in [4.78, 5) is 2.46. The Hall–Kier alpha value is -0.0800. The quantitative estimate of drug-likeness (QED) is 0.751. The van der Waals surface area contributed by atoms with Gasteiger partial charge in [0, 0.05) is 13.1 Å². The van der Waals surface area contributed by atoms with Crippen LogP contribution in [-0.4, -0.2) is 35.7 Å². The first-order valence-corrected chi connectivity index (χ1v) is 7.20. The van der Waals surface area contributed by atoms with Crippen molar-refractivity contribution in [2.75, 3.05) is 19.6 Å². The molecule has 0 bridgehead atoms. The van der Waals surface area contributed by atoms with E-state index in [9.17, 15) is 5.11 Å². The minimum absolute atomic E-state index is 0.0704. The van der Waals surface area contributed by atoms with Crippen molar-refractivity contribution in [3.05, 3.63) is 0 Å². The predicted molar refractivity (Wildman–Crippen MR) is 67.4 cm³/mol. The predicted octanol–water partition coefficient (Wildman–Crippen LogP) is 2.66. The summed E-state index contributed by atoms with van der Waals surface area (Å²) >= 11 is 0. The average molecular weight is 225 g/mol. The van der Waals surface area contributed by atoms with Crippen LogP contribution in [0.2, 0.25) is 0 Å². The van der Waals surface area contributed by atoms with E-state index in [1.165, 1.54) is 51.5 Å². The van der Waals surface area contributed by atoms with Gasteiger partial charge in [0.25, 0.3) is 0 Å². The van der Waals surface area contributed by atoms with Crippen LogP contribution in [0.5, 0.6) is 0 Å². The molecule has 0 aromatic rings. The molecule has 2 aliphatic rings. The Morgan fingerprint density at radius 1 is 1.12 bits per heavy atom. The van der Waals surface area contributed by atoms with Crippen LogP contribution in [0.25, 0.3) is 0 Å². The number of aliphatic hydroxyl groups excluding tert-OH is 1. The van der Waals surface area contributed by atoms with Crippen molar-refractivity contribution >= 4 is 0 Å². The van der Waals surface area contributed by atoms with E-state index < -0.39 is 0 Å². The van der Waals surface area contributed by atoms with Gasteiger partial charge in [-0.25, -0.2) is 0 Å². The zero-order chi connectivity index (χ0) is 11.4. The largest absolute Gasteiger partial charge is 0.392 e. The SMILES string of the molecule is CCN(CC1CC1)CC(O)C1CCCCC1. The Morgan fingerprint density at radius 2 is 1.81 bits per heavy atom. The lowest BCUT2D eigenvalue weighted by molar-refractivity contribution is 0.0478. The van der Waals surface area contributed by atoms with Gasteiger partial charge >= 0.3 is 0 Å². The third-order valence-corrected chi connectivity index (χ3v) is 4.30. The van der Waals surface area contributed by atoms with Crippen LogP contribution in [0.15, 0.2) is 0 Å². The molecular weight excluding hydrogens is 198 g/mol. The molecule has 2 aliphatic carbocycles. The van der Waals surface area contributed by atoms with E-state index in [0.717, 1.165) is 19.0 Å². The molecule has 2 fully saturated rings. The molecule has 2 saturated carbocycles. The third-order valence-electron chi connectivity index (χ3n) is 4.30. The molecular formula is C14H27NO. The average Bonchev–Trinajstić information content (AvgIpc) is 3.13. The summed E-state index contributed by atoms with van der Waals surface area (Å²) in [6, 6.07) is 0. The van der Waals surface area contributed by atoms with Gasteiger partial charge in [-0.05, 0) is 44.1 Å². The topological polar surface area (TPSA) is 23.5 Å². The molecule has 0 spiro atoms. The summed E-state index contributed by atoms with van der Waals surface area (Å²) in [5, 5.41) is 10.3. The van der Waals surface area contributed by atoms with Crippen molar-refractivity contribution < 1.29 is 5.11 Å². The number of rotatable bonds is 6. The Bertz CT molecular complexity index is 197. The highest BCUT2D eigenvalue weighted by Gasteiger charge is 2.27. The number of likely N-dealkylation sites (N-methyl/N-ethyl adjacent to an activating group) is 1. The van der Waals surface area contributed by atoms with E-state index in [1.807, 2.05) is 0 Å². The van der Waals surface area contributed by atoms with E-state index in [-0.39, 0.29) is 6.10 Å². The highest BCUT2D eigenvalue weighted by molar-refractivity contribution is 4.80. The maximum Gasteiger partial charge on any atom is 0.0695 e. The first-order chi connectivity index (χ1) is 7.79. The minimum Gasteiger partial charge on any atom is -0.392 e. The maximum absolute atomic E-state index is 10.3. The second kappa shape index (κ2) is 6.02. The lowest BCUT2D eigenvalue weighted by Gasteiger charge is -2.31. The monoisotopic (exact) mass is 225 g/mol. The Labute approximate surface area is 100 Å². The van der Waals surface area contributed by atoms with Gasteiger partial charge in [0.2, 0.25) is 0 Å². The summed E-state index contributed by atoms with van der Waals surface area (Å²) in [5.74, 6) is 1.53. The normalized spacial score (nSPS) is 24.9. The molecule has 2 rings (SSSR count). The van der Waals surface area contributed by atoms with Crippen LogP contribution in [-0.2, 0) is 0 Å². The van der Waals surface area contributed by atoms with Crippen LogP contribution >= 0.6 is 0 Å². The molecule has 16 heavy (non-hydrogen) atoms. The fourth-order valence-electron chi connectivity index (χ4n) is 2.93. The van der Waals surface area contributed by atoms with E-state index in [0.29, 0.717) is 5.92 Å². The summed E-state index contributed by atoms with van der Waals surface area (Å²) in [6.07, 6.45) is 9.30. The van der Waals surface area contributed by atoms with Crippen LogP contribution in [0, 0.1) is 11.8 Å². The molecule has 0 radical (unpaired) electrons. The fourth-order valence-corrected chi connectivity index (χ4v) is 2.93. The van der Waals surface area contributed by atoms with E-state index in [2.05, 4.69) is 11.8 Å². The maximum atomic E-state index is 10.3. The molecule has 1 atom stereocenters. The lowest BCUT2D eigenvalue weighted by atomic mass is 9.85. The van der Waals surface area contributed by atoms with Crippen LogP contribution < -0.4 is 0 Å². The van der Waals surface area contributed by atoms with Gasteiger partial charge in [0.1, 0.15) is 0 Å². The smallest absolute Gasteiger partial charge is 0.0695 e. The Balaban J connectivity index is 1.71. The molecule has 0 aromatic carbocycles. The molecule has 0 saturated heterocycles. The van der Waals surface area contributed by atoms with Crippen molar-refractivity contribution in [1.82, 2.24) is 4.90 Å². The van der Waals surface area contributed by atoms with Gasteiger partial charge in [-0.15, -0.1) is 0 Å². The molecule has 1 unspecified atom stereocenters. The first-order valence-electron chi connectivity index (χ1n) is 7.20. The number of aliphatic hydroxyl groups is 1. The summed E-state index contributed by atoms with van der Waals surface area (Å²) in [5.41, 5.74) is 0. The van der Waals surface area contributed by atoms with Gasteiger partial charge in [-0.1, -0.05) is 26.2 Å². The van der Waals surface area contributed by atoms with Gasteiger partial charge in [-0.2, -0.15) is 0 Å². The standard InChI is InChI=1S/C14H27NO/c1-2-15(10-12-8-9-12)11-14(16)13-6-4-3-5-7-13/h12-14,16H,2-11H2,1H3. The van der Waals surface area contributed by atoms with Gasteiger partial charge in [0.15, 0.2) is 0 Å². The molecule has 2 nitrogen and oxygen atoms in total. The fraction of sp³-hybridized carbons (Fsp3) is 1.00. The van der Waals surface area contributed by atoms with E-state index in [1.54, 1.807) is 0 Å². The number of nitrogens with zero attached hydrogens (tertiary/aromatic N) is 1. The summed E-state index contributed by atoms with van der Waals surface area (Å²) in [6.45, 7) is 5.45. The number of hydrogen-bond acceptors (Lipinski definition) is 2. The summed E-state index contributed by atoms with van der Waals surface area (Å²) in [7, 11) is 0. The zero-order valence-electron chi connectivity index (χ0n) is 10.7. The van der Waals surface area contributed by atoms with Crippen LogP contribution in [0.3, 0.4) is 0 Å². The van der Waals surface area contributed by atoms with Crippen molar-refractivity contribution in [3.63, 3.8) is 0 Å². The first kappa shape index (κ1) is 12.4. The minimum atomic E-state index is -0.0704. The molecule has 2 heteroatoms. The second-order valence-electron chi connectivity index (χ2n) is 5.76. The lowest BCUT2D eigenvalue weighted by Crippen LogP contribution is -2.38. The van der Waals surface area contributed by atoms with E-state index in [4.69, 9.17) is 0 Å². The molecule has 1 N–H and O–H groups in total. The highest BCUT2D eigenvalue weighted by Crippen LogP contribution is 2.31. The molecule has 0 aromatic heterocycles. The van der Waals surface area contributed by atoms with Crippen molar-refractivity contribution in [1.29, 1.82) is 0 Å². The third kappa shape index (κ3) is 3.74. The molecule has 0 amide bonds. The Morgan fingerprint density at radius 3 is 2.38 bits per heavy atom. The molecule has 0 aliphatic heterocycles. The van der Waals surface area contributed by atoms with E-state index >= 15 is 0 Å². The zero-order valence-corrected chi connectivity index (χ0v) is 10.7. The van der Waals surface area contributed by atoms with Gasteiger partial charge in [0.05, 0.1) is 6.10 Å². The molecule has 94 valence electrons. The van der Waals surface area contributed by atoms with Crippen molar-refractivity contribution in [3.8, 4) is 0 Å². The molecule has 0 heterocycles. The Kier molecular flexibility index (Phi) is 4.66. The summed E-state index contributed by atoms with van der Waals surface area (Å²) < 4.78 is 0. The van der Waals surface area contributed by atoms with Crippen molar-refractivity contribution in [2.24, 2.45) is 11.8 Å². The number of hydrogen-bond donors (Lipinski definition) is 1. The van der Waals surface area contributed by atoms with Crippen LogP contribution in [0.1, 0.15) is 51.9 Å². The van der Waals surface area contributed by atoms with Gasteiger partial charge in [-0.3, -0.25) is 0 Å². The highest BCUT2D eigenvalue weighted by atomic mass is 16.3.